The molecule has 4 heteroatoms. The molecule has 0 amide bonds. The molecule has 6 rings (SSSR count). The minimum Gasteiger partial charge on any atom is -0.422 e. The predicted octanol–water partition coefficient (Wildman–Crippen LogP) is 3.35. The van der Waals surface area contributed by atoms with Gasteiger partial charge >= 0.3 is 5.97 Å². The highest BCUT2D eigenvalue weighted by molar-refractivity contribution is 5.93. The Kier molecular flexibility index (Phi) is 2.17. The molecule has 7 atom stereocenters. The number of carbonyl (C=O) groups excluding carboxylic acids is 1. The van der Waals surface area contributed by atoms with E-state index in [0.29, 0.717) is 17.3 Å². The van der Waals surface area contributed by atoms with Gasteiger partial charge in [-0.15, -0.1) is 0 Å². The summed E-state index contributed by atoms with van der Waals surface area (Å²) in [5, 5.41) is 0. The van der Waals surface area contributed by atoms with Gasteiger partial charge in [0.1, 0.15) is 17.8 Å². The van der Waals surface area contributed by atoms with E-state index in [1.165, 1.54) is 25.7 Å². The molecule has 4 nitrogen and oxygen atoms in total. The summed E-state index contributed by atoms with van der Waals surface area (Å²) >= 11 is 0. The van der Waals surface area contributed by atoms with Crippen LogP contribution in [0.2, 0.25) is 0 Å². The van der Waals surface area contributed by atoms with Crippen molar-refractivity contribution < 1.29 is 19.0 Å². The Bertz CT molecular complexity index is 723. The lowest BCUT2D eigenvalue weighted by Crippen LogP contribution is -2.59. The van der Waals surface area contributed by atoms with Crippen molar-refractivity contribution in [3.05, 3.63) is 11.1 Å². The predicted molar refractivity (Wildman–Crippen MR) is 86.0 cm³/mol. The maximum Gasteiger partial charge on any atom is 0.336 e. The fourth-order valence-electron chi connectivity index (χ4n) is 7.62. The van der Waals surface area contributed by atoms with Crippen molar-refractivity contribution in [2.45, 2.75) is 83.4 Å². The third-order valence-corrected chi connectivity index (χ3v) is 8.57. The van der Waals surface area contributed by atoms with Gasteiger partial charge in [-0.25, -0.2) is 4.79 Å². The Labute approximate surface area is 142 Å². The molecule has 3 aliphatic carbocycles. The fraction of sp³-hybridized carbons (Fsp3) is 0.850. The first-order valence-electron chi connectivity index (χ1n) is 9.56. The second-order valence-electron chi connectivity index (χ2n) is 10.0. The molecule has 6 aliphatic rings. The van der Waals surface area contributed by atoms with Crippen molar-refractivity contribution in [3.8, 4) is 0 Å². The molecular weight excluding hydrogens is 304 g/mol. The van der Waals surface area contributed by atoms with E-state index in [0.717, 1.165) is 17.6 Å². The smallest absolute Gasteiger partial charge is 0.336 e. The summed E-state index contributed by atoms with van der Waals surface area (Å²) in [7, 11) is 0. The summed E-state index contributed by atoms with van der Waals surface area (Å²) in [6.07, 6.45) is 6.23. The molecule has 0 N–H and O–H groups in total. The van der Waals surface area contributed by atoms with Gasteiger partial charge < -0.3 is 14.2 Å². The van der Waals surface area contributed by atoms with Crippen molar-refractivity contribution in [1.82, 2.24) is 0 Å². The number of esters is 1. The van der Waals surface area contributed by atoms with Crippen molar-refractivity contribution in [2.75, 3.05) is 0 Å². The first-order chi connectivity index (χ1) is 11.3. The average molecular weight is 330 g/mol. The minimum atomic E-state index is -0.761. The molecule has 2 saturated heterocycles. The topological polar surface area (TPSA) is 51.4 Å². The maximum atomic E-state index is 12.2. The Balaban J connectivity index is 1.49. The van der Waals surface area contributed by atoms with Crippen molar-refractivity contribution in [3.63, 3.8) is 0 Å². The van der Waals surface area contributed by atoms with Crippen LogP contribution < -0.4 is 0 Å². The zero-order valence-corrected chi connectivity index (χ0v) is 15.0. The first kappa shape index (κ1) is 14.3. The molecule has 0 bridgehead atoms. The van der Waals surface area contributed by atoms with Gasteiger partial charge in [0.05, 0.1) is 0 Å². The largest absolute Gasteiger partial charge is 0.422 e. The van der Waals surface area contributed by atoms with Crippen molar-refractivity contribution >= 4 is 5.97 Å². The number of ether oxygens (including phenoxy) is 3. The van der Waals surface area contributed by atoms with E-state index < -0.39 is 5.79 Å². The first-order valence-corrected chi connectivity index (χ1v) is 9.56. The maximum absolute atomic E-state index is 12.2. The lowest BCUT2D eigenvalue weighted by molar-refractivity contribution is -0.147. The third kappa shape index (κ3) is 1.27. The number of hydrogen-bond acceptors (Lipinski definition) is 4. The highest BCUT2D eigenvalue weighted by Crippen LogP contribution is 2.77. The van der Waals surface area contributed by atoms with Gasteiger partial charge in [-0.05, 0) is 49.4 Å². The van der Waals surface area contributed by atoms with Crippen molar-refractivity contribution in [2.24, 2.45) is 22.7 Å². The zero-order valence-electron chi connectivity index (χ0n) is 15.0. The number of carbonyl (C=O) groups is 1. The summed E-state index contributed by atoms with van der Waals surface area (Å²) in [4.78, 5) is 12.2. The number of fused-ring (bicyclic) bond motifs is 4. The molecule has 0 aromatic heterocycles. The van der Waals surface area contributed by atoms with Crippen LogP contribution in [0.5, 0.6) is 0 Å². The van der Waals surface area contributed by atoms with Gasteiger partial charge in [-0.2, -0.15) is 0 Å². The molecule has 2 spiro atoms. The minimum absolute atomic E-state index is 0.00866. The van der Waals surface area contributed by atoms with Gasteiger partial charge in [0.25, 0.3) is 5.79 Å². The van der Waals surface area contributed by atoms with E-state index in [1.807, 2.05) is 6.92 Å². The number of rotatable bonds is 0. The molecule has 0 aromatic rings. The molecule has 3 saturated carbocycles. The summed E-state index contributed by atoms with van der Waals surface area (Å²) in [6.45, 7) is 9.22. The second-order valence-corrected chi connectivity index (χ2v) is 10.0. The molecule has 24 heavy (non-hydrogen) atoms. The summed E-state index contributed by atoms with van der Waals surface area (Å²) < 4.78 is 18.4. The summed E-state index contributed by atoms with van der Waals surface area (Å²) in [6, 6.07) is 0. The normalized spacial score (nSPS) is 58.8. The lowest BCUT2D eigenvalue weighted by atomic mass is 9.44. The molecule has 3 heterocycles. The third-order valence-electron chi connectivity index (χ3n) is 8.57. The highest BCUT2D eigenvalue weighted by atomic mass is 16.8. The Morgan fingerprint density at radius 2 is 1.88 bits per heavy atom. The van der Waals surface area contributed by atoms with Crippen LogP contribution in [0.25, 0.3) is 0 Å². The summed E-state index contributed by atoms with van der Waals surface area (Å²) in [5.41, 5.74) is 2.25. The van der Waals surface area contributed by atoms with E-state index in [4.69, 9.17) is 14.2 Å². The van der Waals surface area contributed by atoms with Crippen LogP contribution >= 0.6 is 0 Å². The van der Waals surface area contributed by atoms with E-state index in [9.17, 15) is 4.79 Å². The Hall–Kier alpha value is -0.870. The van der Waals surface area contributed by atoms with E-state index in [-0.39, 0.29) is 29.2 Å². The molecular formula is C20H26O4. The highest BCUT2D eigenvalue weighted by Gasteiger charge is 2.88. The van der Waals surface area contributed by atoms with E-state index in [2.05, 4.69) is 20.8 Å². The molecule has 130 valence electrons. The van der Waals surface area contributed by atoms with Gasteiger partial charge in [0, 0.05) is 17.1 Å². The molecule has 0 aromatic carbocycles. The SMILES string of the molecule is CC1=C2C3O[C@]34CC[C@@H]3C(C)(C)CCC[C@@]3(C)[C@H]4C3O[C@@]23OC1=O. The van der Waals surface area contributed by atoms with Crippen molar-refractivity contribution in [1.29, 1.82) is 0 Å². The van der Waals surface area contributed by atoms with Crippen LogP contribution in [0.4, 0.5) is 0 Å². The van der Waals surface area contributed by atoms with Gasteiger partial charge in [-0.3, -0.25) is 0 Å². The van der Waals surface area contributed by atoms with Gasteiger partial charge in [0.15, 0.2) is 0 Å². The molecule has 0 radical (unpaired) electrons. The molecule has 2 unspecified atom stereocenters. The van der Waals surface area contributed by atoms with Crippen LogP contribution in [-0.4, -0.2) is 29.6 Å². The monoisotopic (exact) mass is 330 g/mol. The van der Waals surface area contributed by atoms with Gasteiger partial charge in [-0.1, -0.05) is 27.2 Å². The van der Waals surface area contributed by atoms with E-state index in [1.54, 1.807) is 0 Å². The lowest BCUT2D eigenvalue weighted by Gasteiger charge is -2.59. The zero-order chi connectivity index (χ0) is 16.7. The average Bonchev–Trinajstić information content (AvgIpc) is 3.34. The molecule has 5 fully saturated rings. The Morgan fingerprint density at radius 1 is 1.08 bits per heavy atom. The quantitative estimate of drug-likeness (QED) is 0.505. The van der Waals surface area contributed by atoms with Crippen LogP contribution in [0.15, 0.2) is 11.1 Å². The number of epoxide rings is 2. The van der Waals surface area contributed by atoms with Gasteiger partial charge in [0.2, 0.25) is 0 Å². The standard InChI is InChI=1S/C20H26O4/c1-10-12-14-19(22-14)9-6-11-17(2,3)7-5-8-18(11,4)13(19)15-20(12,23-15)24-16(10)21/h11,13-15H,5-9H2,1-4H3/t11-,13-,14?,15?,18-,19+,20-/m1/s1. The second kappa shape index (κ2) is 3.64. The van der Waals surface area contributed by atoms with Crippen LogP contribution in [0.1, 0.15) is 59.8 Å². The summed E-state index contributed by atoms with van der Waals surface area (Å²) in [5.74, 6) is 0.0886. The molecule has 3 aliphatic heterocycles. The Morgan fingerprint density at radius 3 is 2.67 bits per heavy atom. The van der Waals surface area contributed by atoms with Crippen LogP contribution in [0.3, 0.4) is 0 Å². The fourth-order valence-corrected chi connectivity index (χ4v) is 7.62. The van der Waals surface area contributed by atoms with Crippen LogP contribution in [-0.2, 0) is 19.0 Å². The number of hydrogen-bond donors (Lipinski definition) is 0. The van der Waals surface area contributed by atoms with E-state index >= 15 is 0 Å². The van der Waals surface area contributed by atoms with Crippen LogP contribution in [0, 0.1) is 22.7 Å².